The molecule has 3 rings (SSSR count). The third-order valence-corrected chi connectivity index (χ3v) is 6.85. The number of ether oxygens (including phenoxy) is 1. The maximum absolute atomic E-state index is 13.4. The van der Waals surface area contributed by atoms with Crippen molar-refractivity contribution >= 4 is 33.2 Å². The molecule has 3 aromatic carbocycles. The van der Waals surface area contributed by atoms with Gasteiger partial charge in [0.05, 0.1) is 10.6 Å². The molecule has 0 aliphatic heterocycles. The molecule has 0 aliphatic carbocycles. The van der Waals surface area contributed by atoms with Gasteiger partial charge in [0, 0.05) is 5.02 Å². The Hall–Kier alpha value is -2.83. The molecule has 0 aromatic heterocycles. The van der Waals surface area contributed by atoms with Gasteiger partial charge in [0.25, 0.3) is 15.9 Å². The van der Waals surface area contributed by atoms with Crippen LogP contribution in [0.25, 0.3) is 0 Å². The lowest BCUT2D eigenvalue weighted by Gasteiger charge is -2.23. The van der Waals surface area contributed by atoms with E-state index in [0.717, 1.165) is 27.4 Å². The molecule has 3 aromatic rings. The van der Waals surface area contributed by atoms with Crippen molar-refractivity contribution in [1.29, 1.82) is 0 Å². The third-order valence-electron chi connectivity index (χ3n) is 4.85. The van der Waals surface area contributed by atoms with E-state index in [1.807, 2.05) is 26.0 Å². The lowest BCUT2D eigenvalue weighted by molar-refractivity contribution is -0.119. The van der Waals surface area contributed by atoms with Gasteiger partial charge in [-0.2, -0.15) is 4.31 Å². The second kappa shape index (κ2) is 9.54. The Morgan fingerprint density at radius 3 is 2.19 bits per heavy atom. The Kier molecular flexibility index (Phi) is 7.03. The number of rotatable bonds is 7. The maximum atomic E-state index is 13.4. The first kappa shape index (κ1) is 22.8. The van der Waals surface area contributed by atoms with Gasteiger partial charge >= 0.3 is 0 Å². The van der Waals surface area contributed by atoms with Crippen LogP contribution >= 0.6 is 11.6 Å². The highest BCUT2D eigenvalue weighted by Crippen LogP contribution is 2.26. The molecule has 0 atom stereocenters. The van der Waals surface area contributed by atoms with Gasteiger partial charge in [0.15, 0.2) is 6.61 Å². The molecule has 0 saturated heterocycles. The van der Waals surface area contributed by atoms with Gasteiger partial charge in [0.1, 0.15) is 5.75 Å². The number of hydrogen-bond donors (Lipinski definition) is 0. The van der Waals surface area contributed by atoms with Gasteiger partial charge in [-0.05, 0) is 73.9 Å². The molecule has 31 heavy (non-hydrogen) atoms. The molecule has 5 nitrogen and oxygen atoms in total. The van der Waals surface area contributed by atoms with E-state index >= 15 is 0 Å². The van der Waals surface area contributed by atoms with Crippen LogP contribution in [0, 0.1) is 13.8 Å². The van der Waals surface area contributed by atoms with Crippen LogP contribution in [0.4, 0.5) is 5.69 Å². The van der Waals surface area contributed by atoms with Gasteiger partial charge in [-0.1, -0.05) is 48.4 Å². The first-order valence-electron chi connectivity index (χ1n) is 9.85. The summed E-state index contributed by atoms with van der Waals surface area (Å²) in [7, 11) is -4.13. The number of halogens is 1. The molecule has 0 saturated carbocycles. The van der Waals surface area contributed by atoms with E-state index in [1.165, 1.54) is 12.1 Å². The normalized spacial score (nSPS) is 11.2. The Balaban J connectivity index is 1.96. The number of carbonyl (C=O) groups excluding carboxylic acids is 1. The average Bonchev–Trinajstić information content (AvgIpc) is 2.74. The highest BCUT2D eigenvalue weighted by atomic mass is 35.5. The molecule has 7 heteroatoms. The zero-order valence-corrected chi connectivity index (χ0v) is 19.2. The van der Waals surface area contributed by atoms with Gasteiger partial charge in [-0.25, -0.2) is 8.42 Å². The summed E-state index contributed by atoms with van der Waals surface area (Å²) >= 11 is 5.96. The Morgan fingerprint density at radius 1 is 0.968 bits per heavy atom. The summed E-state index contributed by atoms with van der Waals surface area (Å²) < 4.78 is 33.2. The van der Waals surface area contributed by atoms with Gasteiger partial charge < -0.3 is 4.74 Å². The second-order valence-electron chi connectivity index (χ2n) is 7.19. The summed E-state index contributed by atoms with van der Waals surface area (Å²) in [5, 5.41) is 0.552. The quantitative estimate of drug-likeness (QED) is 0.481. The van der Waals surface area contributed by atoms with E-state index in [-0.39, 0.29) is 10.6 Å². The fourth-order valence-electron chi connectivity index (χ4n) is 3.07. The van der Waals surface area contributed by atoms with E-state index in [2.05, 4.69) is 0 Å². The predicted molar refractivity (Wildman–Crippen MR) is 123 cm³/mol. The van der Waals surface area contributed by atoms with Crippen LogP contribution < -0.4 is 9.04 Å². The summed E-state index contributed by atoms with van der Waals surface area (Å²) in [6.45, 7) is 5.23. The third kappa shape index (κ3) is 5.27. The maximum Gasteiger partial charge on any atom is 0.278 e. The second-order valence-corrected chi connectivity index (χ2v) is 9.42. The minimum Gasteiger partial charge on any atom is -0.483 e. The standard InChI is InChI=1S/C24H24ClNO4S/c1-4-19-7-10-21(11-8-19)26(31(28,29)22-12-5-17(2)6-13-22)24(27)16-30-23-14-9-20(25)15-18(23)3/h5-15H,4,16H2,1-3H3. The first-order valence-corrected chi connectivity index (χ1v) is 11.7. The molecule has 0 radical (unpaired) electrons. The number of hydrogen-bond acceptors (Lipinski definition) is 4. The van der Waals surface area contributed by atoms with Crippen LogP contribution in [0.5, 0.6) is 5.75 Å². The molecule has 0 N–H and O–H groups in total. The molecular weight excluding hydrogens is 434 g/mol. The Bertz CT molecular complexity index is 1170. The lowest BCUT2D eigenvalue weighted by atomic mass is 10.1. The van der Waals surface area contributed by atoms with Gasteiger partial charge in [-0.3, -0.25) is 4.79 Å². The number of benzene rings is 3. The lowest BCUT2D eigenvalue weighted by Crippen LogP contribution is -2.40. The van der Waals surface area contributed by atoms with E-state index < -0.39 is 22.5 Å². The van der Waals surface area contributed by atoms with Crippen molar-refractivity contribution < 1.29 is 17.9 Å². The highest BCUT2D eigenvalue weighted by Gasteiger charge is 2.31. The van der Waals surface area contributed by atoms with Crippen molar-refractivity contribution in [3.05, 3.63) is 88.4 Å². The molecule has 0 bridgehead atoms. The highest BCUT2D eigenvalue weighted by molar-refractivity contribution is 7.93. The number of aryl methyl sites for hydroxylation is 3. The fraction of sp³-hybridized carbons (Fsp3) is 0.208. The summed E-state index contributed by atoms with van der Waals surface area (Å²) in [4.78, 5) is 13.2. The summed E-state index contributed by atoms with van der Waals surface area (Å²) in [6, 6.07) is 18.3. The number of anilines is 1. The molecular formula is C24H24ClNO4S. The van der Waals surface area contributed by atoms with Crippen LogP contribution in [0.2, 0.25) is 5.02 Å². The summed E-state index contributed by atoms with van der Waals surface area (Å²) in [5.41, 5.74) is 2.97. The van der Waals surface area contributed by atoms with E-state index in [9.17, 15) is 13.2 Å². The minimum atomic E-state index is -4.13. The predicted octanol–water partition coefficient (Wildman–Crippen LogP) is 5.32. The average molecular weight is 458 g/mol. The Labute approximate surface area is 188 Å². The molecule has 0 spiro atoms. The van der Waals surface area contributed by atoms with E-state index in [1.54, 1.807) is 49.4 Å². The Morgan fingerprint density at radius 2 is 1.61 bits per heavy atom. The smallest absolute Gasteiger partial charge is 0.278 e. The van der Waals surface area contributed by atoms with Crippen molar-refractivity contribution in [1.82, 2.24) is 0 Å². The van der Waals surface area contributed by atoms with Gasteiger partial charge in [-0.15, -0.1) is 0 Å². The molecule has 162 valence electrons. The number of amides is 1. The molecule has 0 aliphatic rings. The van der Waals surface area contributed by atoms with Gasteiger partial charge in [0.2, 0.25) is 0 Å². The van der Waals surface area contributed by atoms with Crippen molar-refractivity contribution in [2.24, 2.45) is 0 Å². The van der Waals surface area contributed by atoms with Crippen LogP contribution in [-0.4, -0.2) is 20.9 Å². The molecule has 1 amide bonds. The van der Waals surface area contributed by atoms with Crippen LogP contribution in [-0.2, 0) is 21.2 Å². The molecule has 0 unspecified atom stereocenters. The summed E-state index contributed by atoms with van der Waals surface area (Å²) in [6.07, 6.45) is 0.803. The van der Waals surface area contributed by atoms with Crippen LogP contribution in [0.1, 0.15) is 23.6 Å². The first-order chi connectivity index (χ1) is 14.7. The topological polar surface area (TPSA) is 63.7 Å². The zero-order chi connectivity index (χ0) is 22.6. The van der Waals surface area contributed by atoms with Crippen LogP contribution in [0.15, 0.2) is 71.6 Å². The summed E-state index contributed by atoms with van der Waals surface area (Å²) in [5.74, 6) is -0.231. The SMILES string of the molecule is CCc1ccc(N(C(=O)COc2ccc(Cl)cc2C)S(=O)(=O)c2ccc(C)cc2)cc1. The largest absolute Gasteiger partial charge is 0.483 e. The fourth-order valence-corrected chi connectivity index (χ4v) is 4.71. The number of sulfonamides is 1. The van der Waals surface area contributed by atoms with E-state index in [0.29, 0.717) is 10.8 Å². The minimum absolute atomic E-state index is 0.0358. The molecule has 0 heterocycles. The number of carbonyl (C=O) groups is 1. The van der Waals surface area contributed by atoms with Crippen molar-refractivity contribution in [2.75, 3.05) is 10.9 Å². The van der Waals surface area contributed by atoms with Crippen molar-refractivity contribution in [2.45, 2.75) is 32.1 Å². The van der Waals surface area contributed by atoms with Crippen molar-refractivity contribution in [3.8, 4) is 5.75 Å². The number of nitrogens with zero attached hydrogens (tertiary/aromatic N) is 1. The molecule has 0 fully saturated rings. The monoisotopic (exact) mass is 457 g/mol. The van der Waals surface area contributed by atoms with Crippen LogP contribution in [0.3, 0.4) is 0 Å². The van der Waals surface area contributed by atoms with E-state index in [4.69, 9.17) is 16.3 Å². The van der Waals surface area contributed by atoms with Crippen molar-refractivity contribution in [3.63, 3.8) is 0 Å². The zero-order valence-electron chi connectivity index (χ0n) is 17.6.